The summed E-state index contributed by atoms with van der Waals surface area (Å²) in [5.41, 5.74) is 8.39. The summed E-state index contributed by atoms with van der Waals surface area (Å²) in [6.45, 7) is 7.39. The quantitative estimate of drug-likeness (QED) is 0.375. The lowest BCUT2D eigenvalue weighted by Gasteiger charge is -2.19. The minimum absolute atomic E-state index is 0.109. The van der Waals surface area contributed by atoms with Crippen LogP contribution in [0.1, 0.15) is 49.7 Å². The number of nitrogens with two attached hydrogens (primary N) is 1. The number of nitrogens with one attached hydrogen (secondary N) is 2. The highest BCUT2D eigenvalue weighted by Gasteiger charge is 2.16. The Hall–Kier alpha value is -3.45. The third-order valence-electron chi connectivity index (χ3n) is 4.65. The van der Waals surface area contributed by atoms with Crippen molar-refractivity contribution in [2.45, 2.75) is 49.1 Å². The summed E-state index contributed by atoms with van der Waals surface area (Å²) in [5.74, 6) is -0.174. The van der Waals surface area contributed by atoms with Gasteiger partial charge in [-0.3, -0.25) is 10.1 Å². The van der Waals surface area contributed by atoms with E-state index >= 15 is 0 Å². The molecule has 0 aromatic heterocycles. The van der Waals surface area contributed by atoms with Gasteiger partial charge in [-0.05, 0) is 75.7 Å². The Labute approximate surface area is 198 Å². The summed E-state index contributed by atoms with van der Waals surface area (Å²) in [7, 11) is 0. The van der Waals surface area contributed by atoms with Crippen LogP contribution in [0.5, 0.6) is 0 Å². The smallest absolute Gasteiger partial charge is 0.412 e. The van der Waals surface area contributed by atoms with Gasteiger partial charge in [0, 0.05) is 26.7 Å². The van der Waals surface area contributed by atoms with Crippen LogP contribution in [-0.4, -0.2) is 17.6 Å². The van der Waals surface area contributed by atoms with Gasteiger partial charge < -0.3 is 15.8 Å². The molecule has 0 radical (unpaired) electrons. The normalized spacial score (nSPS) is 12.0. The van der Waals surface area contributed by atoms with Crippen molar-refractivity contribution in [3.8, 4) is 0 Å². The Morgan fingerprint density at radius 1 is 0.970 bits per heavy atom. The van der Waals surface area contributed by atoms with E-state index in [0.717, 1.165) is 15.4 Å². The number of carbonyl (C=O) groups excluding carboxylic acids is 2. The minimum Gasteiger partial charge on any atom is -0.444 e. The standard InChI is InChI=1S/C26H29N3O3S/c1-17(18-8-6-5-7-9-18)28-24(30)19-10-15-23(22(27)16-19)33-21-13-11-20(12-14-21)29-25(31)32-26(2,3)4/h5-17H,27H2,1-4H3,(H,28,30)(H,29,31). The zero-order chi connectivity index (χ0) is 24.0. The molecule has 0 aliphatic heterocycles. The number of hydrogen-bond acceptors (Lipinski definition) is 5. The molecule has 7 heteroatoms. The van der Waals surface area contributed by atoms with Crippen LogP contribution in [0.2, 0.25) is 0 Å². The SMILES string of the molecule is CC(NC(=O)c1ccc(Sc2ccc(NC(=O)OC(C)(C)C)cc2)c(N)c1)c1ccccc1. The fourth-order valence-corrected chi connectivity index (χ4v) is 3.88. The van der Waals surface area contributed by atoms with Gasteiger partial charge >= 0.3 is 6.09 Å². The van der Waals surface area contributed by atoms with Crippen molar-refractivity contribution in [3.05, 3.63) is 83.9 Å². The van der Waals surface area contributed by atoms with E-state index in [-0.39, 0.29) is 11.9 Å². The molecule has 6 nitrogen and oxygen atoms in total. The zero-order valence-electron chi connectivity index (χ0n) is 19.2. The molecule has 1 unspecified atom stereocenters. The number of benzene rings is 3. The number of nitrogen functional groups attached to an aromatic ring is 1. The van der Waals surface area contributed by atoms with Gasteiger partial charge in [0.15, 0.2) is 0 Å². The van der Waals surface area contributed by atoms with Crippen LogP contribution in [0.4, 0.5) is 16.2 Å². The van der Waals surface area contributed by atoms with Gasteiger partial charge in [-0.1, -0.05) is 42.1 Å². The number of ether oxygens (including phenoxy) is 1. The van der Waals surface area contributed by atoms with Crippen LogP contribution in [-0.2, 0) is 4.74 Å². The lowest BCUT2D eigenvalue weighted by molar-refractivity contribution is 0.0635. The van der Waals surface area contributed by atoms with E-state index in [1.54, 1.807) is 24.3 Å². The first-order valence-corrected chi connectivity index (χ1v) is 11.5. The molecule has 0 heterocycles. The third kappa shape index (κ3) is 7.29. The van der Waals surface area contributed by atoms with Crippen molar-refractivity contribution in [2.75, 3.05) is 11.1 Å². The van der Waals surface area contributed by atoms with E-state index in [9.17, 15) is 9.59 Å². The van der Waals surface area contributed by atoms with E-state index in [4.69, 9.17) is 10.5 Å². The number of carbonyl (C=O) groups is 2. The predicted molar refractivity (Wildman–Crippen MR) is 134 cm³/mol. The highest BCUT2D eigenvalue weighted by molar-refractivity contribution is 7.99. The van der Waals surface area contributed by atoms with Crippen molar-refractivity contribution in [3.63, 3.8) is 0 Å². The molecule has 0 spiro atoms. The molecule has 3 aromatic rings. The molecule has 2 amide bonds. The van der Waals surface area contributed by atoms with E-state index < -0.39 is 11.7 Å². The van der Waals surface area contributed by atoms with Gasteiger partial charge in [-0.2, -0.15) is 0 Å². The third-order valence-corrected chi connectivity index (χ3v) is 5.75. The van der Waals surface area contributed by atoms with Crippen LogP contribution in [0.25, 0.3) is 0 Å². The molecule has 0 aliphatic carbocycles. The second-order valence-corrected chi connectivity index (χ2v) is 9.73. The second-order valence-electron chi connectivity index (χ2n) is 8.61. The molecule has 0 bridgehead atoms. The maximum Gasteiger partial charge on any atom is 0.412 e. The number of anilines is 2. The molecule has 0 saturated carbocycles. The van der Waals surface area contributed by atoms with Gasteiger partial charge in [0.1, 0.15) is 5.60 Å². The van der Waals surface area contributed by atoms with Crippen LogP contribution >= 0.6 is 11.8 Å². The number of amides is 2. The van der Waals surface area contributed by atoms with Gasteiger partial charge in [0.2, 0.25) is 0 Å². The summed E-state index contributed by atoms with van der Waals surface area (Å²) in [4.78, 5) is 26.3. The van der Waals surface area contributed by atoms with Crippen LogP contribution < -0.4 is 16.4 Å². The Bertz CT molecular complexity index is 1110. The summed E-state index contributed by atoms with van der Waals surface area (Å²) < 4.78 is 5.26. The first-order valence-electron chi connectivity index (χ1n) is 10.6. The lowest BCUT2D eigenvalue weighted by atomic mass is 10.1. The lowest BCUT2D eigenvalue weighted by Crippen LogP contribution is -2.27. The van der Waals surface area contributed by atoms with E-state index in [0.29, 0.717) is 16.9 Å². The van der Waals surface area contributed by atoms with Crippen molar-refractivity contribution in [1.82, 2.24) is 5.32 Å². The predicted octanol–water partition coefficient (Wildman–Crippen LogP) is 6.26. The van der Waals surface area contributed by atoms with Crippen LogP contribution in [0.15, 0.2) is 82.6 Å². The molecule has 1 atom stereocenters. The minimum atomic E-state index is -0.556. The van der Waals surface area contributed by atoms with Gasteiger partial charge in [-0.25, -0.2) is 4.79 Å². The molecule has 33 heavy (non-hydrogen) atoms. The van der Waals surface area contributed by atoms with Crippen LogP contribution in [0.3, 0.4) is 0 Å². The number of rotatable bonds is 6. The topological polar surface area (TPSA) is 93.5 Å². The molecule has 3 rings (SSSR count). The molecule has 0 aliphatic rings. The van der Waals surface area contributed by atoms with E-state index in [1.807, 2.05) is 76.2 Å². The average molecular weight is 464 g/mol. The highest BCUT2D eigenvalue weighted by atomic mass is 32.2. The zero-order valence-corrected chi connectivity index (χ0v) is 20.0. The van der Waals surface area contributed by atoms with Crippen LogP contribution in [0, 0.1) is 0 Å². The van der Waals surface area contributed by atoms with Crippen molar-refractivity contribution in [1.29, 1.82) is 0 Å². The summed E-state index contributed by atoms with van der Waals surface area (Å²) in [6, 6.07) is 22.4. The largest absolute Gasteiger partial charge is 0.444 e. The van der Waals surface area contributed by atoms with Gasteiger partial charge in [0.25, 0.3) is 5.91 Å². The fraction of sp³-hybridized carbons (Fsp3) is 0.231. The molecular weight excluding hydrogens is 434 g/mol. The van der Waals surface area contributed by atoms with Crippen molar-refractivity contribution in [2.24, 2.45) is 0 Å². The van der Waals surface area contributed by atoms with Crippen molar-refractivity contribution >= 4 is 35.1 Å². The average Bonchev–Trinajstić information content (AvgIpc) is 2.75. The second kappa shape index (κ2) is 10.4. The first kappa shape index (κ1) is 24.2. The maximum atomic E-state index is 12.6. The van der Waals surface area contributed by atoms with E-state index in [2.05, 4.69) is 10.6 Å². The number of hydrogen-bond donors (Lipinski definition) is 3. The van der Waals surface area contributed by atoms with E-state index in [1.165, 1.54) is 11.8 Å². The Morgan fingerprint density at radius 2 is 1.64 bits per heavy atom. The van der Waals surface area contributed by atoms with Crippen molar-refractivity contribution < 1.29 is 14.3 Å². The Kier molecular flexibility index (Phi) is 7.66. The molecule has 3 aromatic carbocycles. The molecule has 0 fully saturated rings. The molecule has 4 N–H and O–H groups in total. The Morgan fingerprint density at radius 3 is 2.24 bits per heavy atom. The summed E-state index contributed by atoms with van der Waals surface area (Å²) in [6.07, 6.45) is -0.498. The fourth-order valence-electron chi connectivity index (χ4n) is 3.04. The van der Waals surface area contributed by atoms with Gasteiger partial charge in [-0.15, -0.1) is 0 Å². The molecule has 0 saturated heterocycles. The molecule has 172 valence electrons. The summed E-state index contributed by atoms with van der Waals surface area (Å²) in [5, 5.41) is 5.71. The van der Waals surface area contributed by atoms with Gasteiger partial charge in [0.05, 0.1) is 6.04 Å². The monoisotopic (exact) mass is 463 g/mol. The first-order chi connectivity index (χ1) is 15.6. The highest BCUT2D eigenvalue weighted by Crippen LogP contribution is 2.33. The summed E-state index contributed by atoms with van der Waals surface area (Å²) >= 11 is 1.48. The maximum absolute atomic E-state index is 12.6. The molecular formula is C26H29N3O3S. The Balaban J connectivity index is 1.61.